The van der Waals surface area contributed by atoms with Crippen LogP contribution in [0.2, 0.25) is 10.0 Å². The number of aromatic nitrogens is 1. The number of nitrogens with zero attached hydrogens (tertiary/aromatic N) is 2. The van der Waals surface area contributed by atoms with Crippen LogP contribution in [0.5, 0.6) is 5.75 Å². The second-order valence-corrected chi connectivity index (χ2v) is 7.65. The molecule has 1 heterocycles. The SMILES string of the molecule is CCNC(=NCc1ncc(CC)s1)NCC(O)COc1cccc(Cl)c1Cl.I. The minimum absolute atomic E-state index is 0. The third kappa shape index (κ3) is 8.28. The molecular formula is C18H25Cl2IN4O2S. The largest absolute Gasteiger partial charge is 0.489 e. The Balaban J connectivity index is 0.00000392. The van der Waals surface area contributed by atoms with Gasteiger partial charge in [-0.3, -0.25) is 0 Å². The van der Waals surface area contributed by atoms with E-state index in [9.17, 15) is 5.11 Å². The van der Waals surface area contributed by atoms with Gasteiger partial charge in [0.25, 0.3) is 0 Å². The molecule has 2 rings (SSSR count). The van der Waals surface area contributed by atoms with Gasteiger partial charge in [-0.05, 0) is 25.5 Å². The summed E-state index contributed by atoms with van der Waals surface area (Å²) in [5.74, 6) is 1.06. The molecule has 156 valence electrons. The lowest BCUT2D eigenvalue weighted by atomic mass is 10.3. The van der Waals surface area contributed by atoms with Gasteiger partial charge in [0, 0.05) is 24.2 Å². The van der Waals surface area contributed by atoms with Crippen molar-refractivity contribution in [1.82, 2.24) is 15.6 Å². The van der Waals surface area contributed by atoms with Gasteiger partial charge in [-0.15, -0.1) is 35.3 Å². The number of aliphatic hydroxyl groups is 1. The van der Waals surface area contributed by atoms with Crippen molar-refractivity contribution in [1.29, 1.82) is 0 Å². The normalized spacial score (nSPS) is 12.2. The predicted molar refractivity (Wildman–Crippen MR) is 128 cm³/mol. The minimum atomic E-state index is -0.740. The molecule has 0 spiro atoms. The Kier molecular flexibility index (Phi) is 12.1. The molecule has 1 atom stereocenters. The summed E-state index contributed by atoms with van der Waals surface area (Å²) in [6, 6.07) is 5.13. The summed E-state index contributed by atoms with van der Waals surface area (Å²) in [5.41, 5.74) is 0. The lowest BCUT2D eigenvalue weighted by Crippen LogP contribution is -2.42. The van der Waals surface area contributed by atoms with Crippen LogP contribution in [-0.4, -0.2) is 41.9 Å². The number of hydrogen-bond acceptors (Lipinski definition) is 5. The highest BCUT2D eigenvalue weighted by Crippen LogP contribution is 2.31. The van der Waals surface area contributed by atoms with Crippen LogP contribution in [0.4, 0.5) is 0 Å². The molecule has 0 aliphatic carbocycles. The number of halogens is 3. The summed E-state index contributed by atoms with van der Waals surface area (Å²) < 4.78 is 5.54. The molecule has 0 bridgehead atoms. The van der Waals surface area contributed by atoms with E-state index in [4.69, 9.17) is 27.9 Å². The number of aryl methyl sites for hydroxylation is 1. The van der Waals surface area contributed by atoms with Crippen molar-refractivity contribution in [2.75, 3.05) is 19.7 Å². The third-order valence-electron chi connectivity index (χ3n) is 3.52. The molecule has 1 aromatic carbocycles. The fraction of sp³-hybridized carbons (Fsp3) is 0.444. The number of ether oxygens (including phenoxy) is 1. The molecule has 0 radical (unpaired) electrons. The monoisotopic (exact) mass is 558 g/mol. The molecule has 0 amide bonds. The van der Waals surface area contributed by atoms with Crippen LogP contribution < -0.4 is 15.4 Å². The van der Waals surface area contributed by atoms with E-state index in [1.54, 1.807) is 29.5 Å². The molecule has 1 unspecified atom stereocenters. The number of benzene rings is 1. The maximum atomic E-state index is 10.2. The summed E-state index contributed by atoms with van der Waals surface area (Å²) >= 11 is 13.7. The van der Waals surface area contributed by atoms with Crippen molar-refractivity contribution in [3.63, 3.8) is 0 Å². The highest BCUT2D eigenvalue weighted by atomic mass is 127. The molecule has 0 fully saturated rings. The fourth-order valence-electron chi connectivity index (χ4n) is 2.13. The first-order chi connectivity index (χ1) is 13.0. The number of thiazole rings is 1. The summed E-state index contributed by atoms with van der Waals surface area (Å²) in [7, 11) is 0. The molecule has 1 aromatic heterocycles. The van der Waals surface area contributed by atoms with Crippen molar-refractivity contribution in [3.8, 4) is 5.75 Å². The first-order valence-corrected chi connectivity index (χ1v) is 10.3. The molecule has 0 aliphatic rings. The number of guanidine groups is 1. The van der Waals surface area contributed by atoms with Gasteiger partial charge in [-0.25, -0.2) is 9.98 Å². The van der Waals surface area contributed by atoms with Crippen LogP contribution in [0, 0.1) is 0 Å². The molecule has 0 saturated carbocycles. The zero-order chi connectivity index (χ0) is 19.6. The lowest BCUT2D eigenvalue weighted by molar-refractivity contribution is 0.110. The molecule has 3 N–H and O–H groups in total. The van der Waals surface area contributed by atoms with Crippen molar-refractivity contribution in [2.24, 2.45) is 4.99 Å². The van der Waals surface area contributed by atoms with Gasteiger partial charge < -0.3 is 20.5 Å². The van der Waals surface area contributed by atoms with Gasteiger partial charge in [0.15, 0.2) is 5.96 Å². The Morgan fingerprint density at radius 2 is 2.11 bits per heavy atom. The van der Waals surface area contributed by atoms with Crippen LogP contribution in [0.3, 0.4) is 0 Å². The van der Waals surface area contributed by atoms with Gasteiger partial charge in [0.05, 0.1) is 11.6 Å². The number of aliphatic hydroxyl groups excluding tert-OH is 1. The maximum Gasteiger partial charge on any atom is 0.191 e. The number of rotatable bonds is 9. The van der Waals surface area contributed by atoms with E-state index >= 15 is 0 Å². The zero-order valence-electron chi connectivity index (χ0n) is 15.7. The summed E-state index contributed by atoms with van der Waals surface area (Å²) in [5, 5.41) is 18.1. The minimum Gasteiger partial charge on any atom is -0.489 e. The predicted octanol–water partition coefficient (Wildman–Crippen LogP) is 4.13. The zero-order valence-corrected chi connectivity index (χ0v) is 20.4. The smallest absolute Gasteiger partial charge is 0.191 e. The Labute approximate surface area is 196 Å². The number of hydrogen-bond donors (Lipinski definition) is 3. The summed E-state index contributed by atoms with van der Waals surface area (Å²) in [4.78, 5) is 10.1. The first kappa shape index (κ1) is 25.2. The standard InChI is InChI=1S/C18H24Cl2N4O2S.HI/c1-3-13-9-22-16(27-13)10-24-18(21-4-2)23-8-12(25)11-26-15-7-5-6-14(19)17(15)20;/h5-7,9,12,25H,3-4,8,10-11H2,1-2H3,(H2,21,23,24);1H. The van der Waals surface area contributed by atoms with E-state index < -0.39 is 6.10 Å². The fourth-order valence-corrected chi connectivity index (χ4v) is 3.26. The lowest BCUT2D eigenvalue weighted by Gasteiger charge is -2.16. The number of nitrogens with one attached hydrogen (secondary N) is 2. The Morgan fingerprint density at radius 3 is 2.79 bits per heavy atom. The Hall–Kier alpha value is -0.810. The number of aliphatic imine (C=N–C) groups is 1. The maximum absolute atomic E-state index is 10.2. The molecule has 28 heavy (non-hydrogen) atoms. The first-order valence-electron chi connectivity index (χ1n) is 8.74. The van der Waals surface area contributed by atoms with Crippen LogP contribution in [0.15, 0.2) is 29.4 Å². The van der Waals surface area contributed by atoms with Crippen molar-refractivity contribution < 1.29 is 9.84 Å². The Morgan fingerprint density at radius 1 is 1.32 bits per heavy atom. The van der Waals surface area contributed by atoms with Crippen LogP contribution in [-0.2, 0) is 13.0 Å². The van der Waals surface area contributed by atoms with Gasteiger partial charge in [-0.1, -0.05) is 36.2 Å². The van der Waals surface area contributed by atoms with Gasteiger partial charge in [0.2, 0.25) is 0 Å². The van der Waals surface area contributed by atoms with Gasteiger partial charge in [-0.2, -0.15) is 0 Å². The second kappa shape index (κ2) is 13.4. The topological polar surface area (TPSA) is 78.8 Å². The van der Waals surface area contributed by atoms with Crippen molar-refractivity contribution >= 4 is 64.5 Å². The van der Waals surface area contributed by atoms with Gasteiger partial charge in [0.1, 0.15) is 28.5 Å². The van der Waals surface area contributed by atoms with E-state index in [1.807, 2.05) is 13.1 Å². The van der Waals surface area contributed by atoms with Crippen LogP contribution in [0.1, 0.15) is 23.7 Å². The molecule has 6 nitrogen and oxygen atoms in total. The van der Waals surface area contributed by atoms with Crippen LogP contribution in [0.25, 0.3) is 0 Å². The van der Waals surface area contributed by atoms with Gasteiger partial charge >= 0.3 is 0 Å². The highest BCUT2D eigenvalue weighted by molar-refractivity contribution is 14.0. The summed E-state index contributed by atoms with van der Waals surface area (Å²) in [6.07, 6.45) is 2.12. The average Bonchev–Trinajstić information content (AvgIpc) is 3.13. The van der Waals surface area contributed by atoms with E-state index in [0.29, 0.717) is 34.8 Å². The Bertz CT molecular complexity index is 761. The van der Waals surface area contributed by atoms with E-state index in [-0.39, 0.29) is 37.1 Å². The molecule has 2 aromatic rings. The summed E-state index contributed by atoms with van der Waals surface area (Å²) in [6.45, 7) is 5.66. The van der Waals surface area contributed by atoms with E-state index in [2.05, 4.69) is 27.5 Å². The average molecular weight is 559 g/mol. The highest BCUT2D eigenvalue weighted by Gasteiger charge is 2.10. The molecular weight excluding hydrogens is 534 g/mol. The van der Waals surface area contributed by atoms with Crippen molar-refractivity contribution in [3.05, 3.63) is 44.3 Å². The van der Waals surface area contributed by atoms with Crippen molar-refractivity contribution in [2.45, 2.75) is 32.9 Å². The molecule has 0 saturated heterocycles. The third-order valence-corrected chi connectivity index (χ3v) is 5.45. The molecule has 0 aliphatic heterocycles. The van der Waals surface area contributed by atoms with Crippen LogP contribution >= 0.6 is 58.5 Å². The van der Waals surface area contributed by atoms with E-state index in [1.165, 1.54) is 4.88 Å². The molecule has 10 heteroatoms. The van der Waals surface area contributed by atoms with E-state index in [0.717, 1.165) is 11.4 Å². The second-order valence-electron chi connectivity index (χ2n) is 5.67. The quantitative estimate of drug-likeness (QED) is 0.245.